The summed E-state index contributed by atoms with van der Waals surface area (Å²) in [7, 11) is 0. The van der Waals surface area contributed by atoms with Crippen LogP contribution in [0.25, 0.3) is 66.1 Å². The molecule has 0 atom stereocenters. The minimum atomic E-state index is 0.882. The molecular formula is C44H36N2S2. The van der Waals surface area contributed by atoms with Crippen molar-refractivity contribution in [1.82, 2.24) is 0 Å². The first kappa shape index (κ1) is 31.4. The lowest BCUT2D eigenvalue weighted by molar-refractivity contribution is 1.42. The van der Waals surface area contributed by atoms with Gasteiger partial charge in [0.25, 0.3) is 0 Å². The van der Waals surface area contributed by atoms with Crippen LogP contribution in [0.3, 0.4) is 0 Å². The van der Waals surface area contributed by atoms with Gasteiger partial charge in [-0.25, -0.2) is 0 Å². The molecule has 0 aliphatic heterocycles. The molecule has 0 heterocycles. The number of fused-ring (bicyclic) bond motifs is 2. The molecule has 0 unspecified atom stereocenters. The van der Waals surface area contributed by atoms with Gasteiger partial charge in [-0.3, -0.25) is 0 Å². The Bertz CT molecular complexity index is 2240. The van der Waals surface area contributed by atoms with Gasteiger partial charge in [-0.05, 0) is 100 Å². The molecule has 0 bridgehead atoms. The summed E-state index contributed by atoms with van der Waals surface area (Å²) in [6, 6.07) is 53.3. The van der Waals surface area contributed by atoms with Crippen molar-refractivity contribution in [1.29, 1.82) is 0 Å². The fraction of sp³-hybridized carbons (Fsp3) is 0.0455. The van der Waals surface area contributed by atoms with E-state index >= 15 is 0 Å². The Morgan fingerprint density at radius 2 is 0.812 bits per heavy atom. The van der Waals surface area contributed by atoms with E-state index in [4.69, 9.17) is 11.5 Å². The molecule has 48 heavy (non-hydrogen) atoms. The van der Waals surface area contributed by atoms with Crippen LogP contribution in [0.15, 0.2) is 169 Å². The Morgan fingerprint density at radius 1 is 0.375 bits per heavy atom. The molecule has 7 aromatic carbocycles. The van der Waals surface area contributed by atoms with Crippen LogP contribution in [-0.2, 0) is 11.5 Å². The molecule has 7 aromatic rings. The molecule has 0 saturated carbocycles. The predicted octanol–water partition coefficient (Wildman–Crippen LogP) is 12.0. The van der Waals surface area contributed by atoms with Gasteiger partial charge in [0, 0.05) is 23.9 Å². The van der Waals surface area contributed by atoms with Gasteiger partial charge in [0.2, 0.25) is 0 Å². The monoisotopic (exact) mass is 656 g/mol. The third-order valence-electron chi connectivity index (χ3n) is 8.66. The van der Waals surface area contributed by atoms with Crippen LogP contribution in [0.4, 0.5) is 0 Å². The van der Waals surface area contributed by atoms with Crippen molar-refractivity contribution in [2.75, 3.05) is 0 Å². The van der Waals surface area contributed by atoms with Crippen LogP contribution in [0.2, 0.25) is 0 Å². The standard InChI is InChI=1S/C44H36N2S2/c45-23-25-47-29-31-13-17-34(18-14-31)43-39-11-4-5-12-40(39)44(35-19-15-32(16-20-35)30-48-26-24-46)42-28-38(21-22-41(42)43)37-10-6-9-36(27-37)33-7-2-1-3-8-33/h1-28H,29-30,45-46H2/b25-23-,26-24-. The Labute approximate surface area is 291 Å². The second kappa shape index (κ2) is 14.7. The summed E-state index contributed by atoms with van der Waals surface area (Å²) < 4.78 is 0. The average molecular weight is 657 g/mol. The smallest absolute Gasteiger partial charge is 0.0226 e. The number of nitrogens with two attached hydrogens (primary N) is 2. The number of thioether (sulfide) groups is 2. The van der Waals surface area contributed by atoms with Crippen LogP contribution in [0.5, 0.6) is 0 Å². The van der Waals surface area contributed by atoms with Crippen LogP contribution in [-0.4, -0.2) is 0 Å². The van der Waals surface area contributed by atoms with Crippen molar-refractivity contribution in [3.8, 4) is 44.5 Å². The topological polar surface area (TPSA) is 52.0 Å². The lowest BCUT2D eigenvalue weighted by Gasteiger charge is -2.19. The van der Waals surface area contributed by atoms with E-state index in [9.17, 15) is 0 Å². The molecule has 0 aliphatic rings. The summed E-state index contributed by atoms with van der Waals surface area (Å²) in [5.41, 5.74) is 23.4. The van der Waals surface area contributed by atoms with Crippen molar-refractivity contribution in [2.45, 2.75) is 11.5 Å². The van der Waals surface area contributed by atoms with Crippen LogP contribution >= 0.6 is 23.5 Å². The zero-order valence-corrected chi connectivity index (χ0v) is 28.2. The highest BCUT2D eigenvalue weighted by molar-refractivity contribution is 8.01. The van der Waals surface area contributed by atoms with Gasteiger partial charge >= 0.3 is 0 Å². The highest BCUT2D eigenvalue weighted by Crippen LogP contribution is 2.45. The van der Waals surface area contributed by atoms with Crippen LogP contribution in [0, 0.1) is 0 Å². The summed E-state index contributed by atoms with van der Waals surface area (Å²) in [4.78, 5) is 0. The van der Waals surface area contributed by atoms with E-state index in [1.807, 2.05) is 10.8 Å². The Balaban J connectivity index is 1.43. The minimum absolute atomic E-state index is 0.882. The molecule has 4 heteroatoms. The third-order valence-corrected chi connectivity index (χ3v) is 10.4. The van der Waals surface area contributed by atoms with Gasteiger partial charge in [0.1, 0.15) is 0 Å². The highest BCUT2D eigenvalue weighted by atomic mass is 32.2. The lowest BCUT2D eigenvalue weighted by Crippen LogP contribution is -1.92. The van der Waals surface area contributed by atoms with Crippen molar-refractivity contribution < 1.29 is 0 Å². The fourth-order valence-electron chi connectivity index (χ4n) is 6.42. The van der Waals surface area contributed by atoms with E-state index in [0.29, 0.717) is 0 Å². The molecule has 0 aromatic heterocycles. The molecule has 0 fully saturated rings. The van der Waals surface area contributed by atoms with E-state index in [1.165, 1.54) is 77.2 Å². The minimum Gasteiger partial charge on any atom is -0.404 e. The van der Waals surface area contributed by atoms with Gasteiger partial charge in [-0.2, -0.15) is 0 Å². The maximum Gasteiger partial charge on any atom is 0.0226 e. The fourth-order valence-corrected chi connectivity index (χ4v) is 7.61. The van der Waals surface area contributed by atoms with E-state index in [-0.39, 0.29) is 0 Å². The summed E-state index contributed by atoms with van der Waals surface area (Å²) in [6.45, 7) is 0. The molecule has 0 spiro atoms. The predicted molar refractivity (Wildman–Crippen MR) is 212 cm³/mol. The van der Waals surface area contributed by atoms with E-state index in [0.717, 1.165) is 11.5 Å². The maximum atomic E-state index is 5.57. The maximum absolute atomic E-state index is 5.57. The van der Waals surface area contributed by atoms with Gasteiger partial charge in [-0.15, -0.1) is 23.5 Å². The van der Waals surface area contributed by atoms with Crippen molar-refractivity contribution in [3.63, 3.8) is 0 Å². The SMILES string of the molecule is N/C=C\SCc1ccc(-c2c3ccccc3c(-c3ccc(CS/C=C\N)cc3)c3cc(-c4cccc(-c5ccccc5)c4)ccc23)cc1. The summed E-state index contributed by atoms with van der Waals surface area (Å²) in [5.74, 6) is 1.77. The van der Waals surface area contributed by atoms with Crippen LogP contribution in [0.1, 0.15) is 11.1 Å². The van der Waals surface area contributed by atoms with Crippen molar-refractivity contribution in [2.24, 2.45) is 11.5 Å². The molecule has 2 nitrogen and oxygen atoms in total. The average Bonchev–Trinajstić information content (AvgIpc) is 3.15. The number of rotatable bonds is 10. The summed E-state index contributed by atoms with van der Waals surface area (Å²) in [5, 5.41) is 8.85. The normalized spacial score (nSPS) is 11.7. The lowest BCUT2D eigenvalue weighted by atomic mass is 9.84. The molecule has 7 rings (SSSR count). The first-order valence-corrected chi connectivity index (χ1v) is 18.1. The van der Waals surface area contributed by atoms with Crippen molar-refractivity contribution >= 4 is 45.1 Å². The second-order valence-corrected chi connectivity index (χ2v) is 13.5. The third kappa shape index (κ3) is 6.64. The number of benzene rings is 7. The number of hydrogen-bond acceptors (Lipinski definition) is 4. The number of hydrogen-bond donors (Lipinski definition) is 2. The molecule has 234 valence electrons. The summed E-state index contributed by atoms with van der Waals surface area (Å²) >= 11 is 3.40. The van der Waals surface area contributed by atoms with Gasteiger partial charge < -0.3 is 11.5 Å². The molecule has 0 saturated heterocycles. The molecular weight excluding hydrogens is 621 g/mol. The summed E-state index contributed by atoms with van der Waals surface area (Å²) in [6.07, 6.45) is 3.19. The van der Waals surface area contributed by atoms with Crippen LogP contribution < -0.4 is 11.5 Å². The highest BCUT2D eigenvalue weighted by Gasteiger charge is 2.18. The Morgan fingerprint density at radius 3 is 1.38 bits per heavy atom. The van der Waals surface area contributed by atoms with E-state index < -0.39 is 0 Å². The molecule has 0 radical (unpaired) electrons. The quantitative estimate of drug-likeness (QED) is 0.144. The zero-order chi connectivity index (χ0) is 32.7. The van der Waals surface area contributed by atoms with Gasteiger partial charge in [0.05, 0.1) is 0 Å². The second-order valence-electron chi connectivity index (χ2n) is 11.7. The van der Waals surface area contributed by atoms with E-state index in [1.54, 1.807) is 35.9 Å². The van der Waals surface area contributed by atoms with Crippen molar-refractivity contribution in [3.05, 3.63) is 180 Å². The largest absolute Gasteiger partial charge is 0.404 e. The molecule has 0 aliphatic carbocycles. The molecule has 0 amide bonds. The zero-order valence-electron chi connectivity index (χ0n) is 26.6. The molecule has 4 N–H and O–H groups in total. The first-order chi connectivity index (χ1) is 23.7. The van der Waals surface area contributed by atoms with E-state index in [2.05, 4.69) is 146 Å². The Hall–Kier alpha value is -5.16. The van der Waals surface area contributed by atoms with Gasteiger partial charge in [0.15, 0.2) is 0 Å². The first-order valence-electron chi connectivity index (χ1n) is 16.0. The Kier molecular flexibility index (Phi) is 9.65. The van der Waals surface area contributed by atoms with Gasteiger partial charge in [-0.1, -0.05) is 133 Å².